The van der Waals surface area contributed by atoms with Crippen molar-refractivity contribution in [2.45, 2.75) is 48.0 Å². The Kier molecular flexibility index (Phi) is 3.33. The molecule has 0 heterocycles. The van der Waals surface area contributed by atoms with E-state index in [0.29, 0.717) is 5.92 Å². The van der Waals surface area contributed by atoms with Crippen LogP contribution in [0.5, 0.6) is 0 Å². The molecule has 1 unspecified atom stereocenters. The zero-order valence-electron chi connectivity index (χ0n) is 9.23. The minimum absolute atomic E-state index is 0.168. The van der Waals surface area contributed by atoms with E-state index < -0.39 is 0 Å². The van der Waals surface area contributed by atoms with E-state index in [4.69, 9.17) is 5.26 Å². The van der Waals surface area contributed by atoms with Crippen molar-refractivity contribution in [2.75, 3.05) is 0 Å². The molecule has 0 fully saturated rings. The van der Waals surface area contributed by atoms with E-state index in [1.165, 1.54) is 0 Å². The lowest BCUT2D eigenvalue weighted by molar-refractivity contribution is 0.192. The summed E-state index contributed by atoms with van der Waals surface area (Å²) in [5.41, 5.74) is 0.0764. The second kappa shape index (κ2) is 3.47. The summed E-state index contributed by atoms with van der Waals surface area (Å²) in [5.74, 6) is 0.432. The van der Waals surface area contributed by atoms with Crippen LogP contribution in [0.15, 0.2) is 0 Å². The van der Waals surface area contributed by atoms with E-state index in [1.807, 2.05) is 0 Å². The molecule has 0 amide bonds. The summed E-state index contributed by atoms with van der Waals surface area (Å²) in [4.78, 5) is 0. The van der Waals surface area contributed by atoms with Crippen LogP contribution in [0.4, 0.5) is 0 Å². The van der Waals surface area contributed by atoms with Gasteiger partial charge in [0.25, 0.3) is 0 Å². The van der Waals surface area contributed by atoms with Gasteiger partial charge in [-0.15, -0.1) is 0 Å². The van der Waals surface area contributed by atoms with Gasteiger partial charge in [0, 0.05) is 0 Å². The number of hydrogen-bond donors (Lipinski definition) is 0. The molecule has 0 saturated carbocycles. The first kappa shape index (κ1) is 11.5. The van der Waals surface area contributed by atoms with E-state index in [-0.39, 0.29) is 10.8 Å². The molecule has 0 aromatic rings. The third-order valence-corrected chi connectivity index (χ3v) is 2.43. The third-order valence-electron chi connectivity index (χ3n) is 2.43. The van der Waals surface area contributed by atoms with Crippen LogP contribution in [0.3, 0.4) is 0 Å². The third kappa shape index (κ3) is 3.26. The number of hydrogen-bond acceptors (Lipinski definition) is 1. The van der Waals surface area contributed by atoms with Crippen molar-refractivity contribution >= 4 is 0 Å². The molecule has 0 N–H and O–H groups in total. The van der Waals surface area contributed by atoms with E-state index >= 15 is 0 Å². The highest BCUT2D eigenvalue weighted by molar-refractivity contribution is 4.99. The van der Waals surface area contributed by atoms with Crippen molar-refractivity contribution in [3.05, 3.63) is 0 Å². The molecule has 0 aromatic carbocycles. The van der Waals surface area contributed by atoms with Crippen LogP contribution >= 0.6 is 0 Å². The zero-order chi connectivity index (χ0) is 9.99. The molecule has 0 aliphatic rings. The Hall–Kier alpha value is -0.510. The fourth-order valence-corrected chi connectivity index (χ4v) is 1.47. The van der Waals surface area contributed by atoms with Gasteiger partial charge in [-0.2, -0.15) is 5.26 Å². The van der Waals surface area contributed by atoms with Crippen molar-refractivity contribution in [3.8, 4) is 6.07 Å². The van der Waals surface area contributed by atoms with Crippen LogP contribution in [0.2, 0.25) is 0 Å². The lowest BCUT2D eigenvalue weighted by Crippen LogP contribution is -2.27. The summed E-state index contributed by atoms with van der Waals surface area (Å²) in [6.45, 7) is 12.9. The molecular weight excluding hydrogens is 146 g/mol. The molecule has 1 atom stereocenters. The average Bonchev–Trinajstić information content (AvgIpc) is 1.83. The Labute approximate surface area is 76.8 Å². The molecule has 0 bridgehead atoms. The van der Waals surface area contributed by atoms with Gasteiger partial charge in [0.15, 0.2) is 0 Å². The zero-order valence-corrected chi connectivity index (χ0v) is 9.23. The Bertz CT molecular complexity index is 180. The smallest absolute Gasteiger partial charge is 0.0689 e. The van der Waals surface area contributed by atoms with Gasteiger partial charge in [0.05, 0.1) is 11.5 Å². The maximum Gasteiger partial charge on any atom is 0.0689 e. The lowest BCUT2D eigenvalue weighted by Gasteiger charge is -2.33. The maximum atomic E-state index is 9.07. The van der Waals surface area contributed by atoms with E-state index in [0.717, 1.165) is 6.42 Å². The quantitative estimate of drug-likeness (QED) is 0.616. The monoisotopic (exact) mass is 167 g/mol. The van der Waals surface area contributed by atoms with Gasteiger partial charge in [-0.1, -0.05) is 34.6 Å². The first-order valence-corrected chi connectivity index (χ1v) is 4.62. The maximum absolute atomic E-state index is 9.07. The van der Waals surface area contributed by atoms with E-state index in [9.17, 15) is 0 Å². The molecule has 12 heavy (non-hydrogen) atoms. The first-order valence-electron chi connectivity index (χ1n) is 4.62. The first-order chi connectivity index (χ1) is 5.21. The van der Waals surface area contributed by atoms with Crippen LogP contribution in [-0.4, -0.2) is 0 Å². The van der Waals surface area contributed by atoms with Crippen molar-refractivity contribution in [3.63, 3.8) is 0 Å². The Balaban J connectivity index is 4.49. The average molecular weight is 167 g/mol. The molecule has 0 radical (unpaired) electrons. The van der Waals surface area contributed by atoms with Crippen molar-refractivity contribution < 1.29 is 0 Å². The van der Waals surface area contributed by atoms with Crippen LogP contribution in [-0.2, 0) is 0 Å². The highest BCUT2D eigenvalue weighted by atomic mass is 14.4. The topological polar surface area (TPSA) is 23.8 Å². The summed E-state index contributed by atoms with van der Waals surface area (Å²) in [6.07, 6.45) is 0.966. The molecule has 1 heteroatoms. The molecule has 0 aromatic heterocycles. The number of nitriles is 1. The van der Waals surface area contributed by atoms with Gasteiger partial charge in [-0.25, -0.2) is 0 Å². The molecule has 1 nitrogen and oxygen atoms in total. The minimum Gasteiger partial charge on any atom is -0.198 e. The summed E-state index contributed by atoms with van der Waals surface area (Å²) >= 11 is 0. The largest absolute Gasteiger partial charge is 0.198 e. The summed E-state index contributed by atoms with van der Waals surface area (Å²) in [7, 11) is 0. The molecule has 0 spiro atoms. The molecular formula is C11H21N. The standard InChI is InChI=1S/C11H21N/c1-9(2)11(6,8-12)7-10(3,4)5/h9H,7H2,1-6H3. The summed E-state index contributed by atoms with van der Waals surface area (Å²) in [5, 5.41) is 9.07. The highest BCUT2D eigenvalue weighted by Crippen LogP contribution is 2.38. The Morgan fingerprint density at radius 3 is 1.67 bits per heavy atom. The van der Waals surface area contributed by atoms with Crippen LogP contribution < -0.4 is 0 Å². The highest BCUT2D eigenvalue weighted by Gasteiger charge is 2.32. The lowest BCUT2D eigenvalue weighted by atomic mass is 9.70. The van der Waals surface area contributed by atoms with Gasteiger partial charge < -0.3 is 0 Å². The predicted molar refractivity (Wildman–Crippen MR) is 52.6 cm³/mol. The number of nitrogens with zero attached hydrogens (tertiary/aromatic N) is 1. The Morgan fingerprint density at radius 2 is 1.58 bits per heavy atom. The molecule has 0 rings (SSSR count). The van der Waals surface area contributed by atoms with Crippen LogP contribution in [0, 0.1) is 28.1 Å². The van der Waals surface area contributed by atoms with Crippen molar-refractivity contribution in [1.29, 1.82) is 5.26 Å². The molecule has 0 saturated heterocycles. The van der Waals surface area contributed by atoms with Gasteiger partial charge in [-0.3, -0.25) is 0 Å². The van der Waals surface area contributed by atoms with Crippen molar-refractivity contribution in [2.24, 2.45) is 16.7 Å². The normalized spacial score (nSPS) is 17.2. The Morgan fingerprint density at radius 1 is 1.17 bits per heavy atom. The SMILES string of the molecule is CC(C)C(C)(C#N)CC(C)(C)C. The minimum atomic E-state index is -0.168. The number of rotatable bonds is 2. The predicted octanol–water partition coefficient (Wildman–Crippen LogP) is 3.61. The fraction of sp³-hybridized carbons (Fsp3) is 0.909. The van der Waals surface area contributed by atoms with Gasteiger partial charge in [0.1, 0.15) is 0 Å². The summed E-state index contributed by atoms with van der Waals surface area (Å²) in [6, 6.07) is 2.43. The molecule has 0 aliphatic heterocycles. The van der Waals surface area contributed by atoms with E-state index in [1.54, 1.807) is 0 Å². The fourth-order valence-electron chi connectivity index (χ4n) is 1.47. The van der Waals surface area contributed by atoms with Crippen LogP contribution in [0.1, 0.15) is 48.0 Å². The second-order valence-corrected chi connectivity index (χ2v) is 5.42. The van der Waals surface area contributed by atoms with Gasteiger partial charge in [-0.05, 0) is 24.7 Å². The molecule has 70 valence electrons. The van der Waals surface area contributed by atoms with Crippen LogP contribution in [0.25, 0.3) is 0 Å². The second-order valence-electron chi connectivity index (χ2n) is 5.42. The van der Waals surface area contributed by atoms with Gasteiger partial charge in [0.2, 0.25) is 0 Å². The summed E-state index contributed by atoms with van der Waals surface area (Å²) < 4.78 is 0. The van der Waals surface area contributed by atoms with E-state index in [2.05, 4.69) is 47.6 Å². The van der Waals surface area contributed by atoms with Crippen molar-refractivity contribution in [1.82, 2.24) is 0 Å². The van der Waals surface area contributed by atoms with Gasteiger partial charge >= 0.3 is 0 Å². The molecule has 0 aliphatic carbocycles.